The molecule has 1 aliphatic heterocycles. The number of hydrogen-bond donors (Lipinski definition) is 1. The van der Waals surface area contributed by atoms with Crippen LogP contribution in [0.15, 0.2) is 78.9 Å². The first-order valence-corrected chi connectivity index (χ1v) is 17.3. The second-order valence-electron chi connectivity index (χ2n) is 12.8. The summed E-state index contributed by atoms with van der Waals surface area (Å²) in [7, 11) is -1.66. The predicted octanol–water partition coefficient (Wildman–Crippen LogP) is 9.14. The van der Waals surface area contributed by atoms with Crippen molar-refractivity contribution in [2.75, 3.05) is 13.1 Å². The van der Waals surface area contributed by atoms with Crippen molar-refractivity contribution < 1.29 is 9.50 Å². The number of aliphatic hydroxyl groups is 1. The molecule has 1 saturated heterocycles. The van der Waals surface area contributed by atoms with E-state index >= 15 is 0 Å². The summed E-state index contributed by atoms with van der Waals surface area (Å²) >= 11 is 0. The number of halogens is 1. The molecule has 2 unspecified atom stereocenters. The van der Waals surface area contributed by atoms with Crippen LogP contribution in [-0.4, -0.2) is 39.7 Å². The third kappa shape index (κ3) is 8.09. The van der Waals surface area contributed by atoms with E-state index in [1.54, 1.807) is 20.8 Å². The largest absolute Gasteiger partial charge is 0.383 e. The molecule has 1 aliphatic rings. The summed E-state index contributed by atoms with van der Waals surface area (Å²) in [5, 5.41) is 10.2. The number of hydrogen-bond acceptors (Lipinski definition) is 2. The number of benzene rings is 3. The lowest BCUT2D eigenvalue weighted by molar-refractivity contribution is 0.220. The lowest BCUT2D eigenvalue weighted by atomic mass is 9.80. The van der Waals surface area contributed by atoms with Gasteiger partial charge in [-0.3, -0.25) is 4.31 Å². The maximum atomic E-state index is 15.0. The standard InChI is InChI=1S/C39H48FNOS/c1-9-31-11-10-12-36(26-31)34-16-18-35(19-17-34)37(20-15-32-21-23-41(24-22-32)43(7,8)30(4)42)29(3)25-33-14-13-28(2)38(27-33)39(5,6)40/h1,10-14,16-19,26-27,30,32,37,42H,3,7-8,15,20-25H2,2,4-6H3. The van der Waals surface area contributed by atoms with Crippen LogP contribution in [0, 0.1) is 25.2 Å². The van der Waals surface area contributed by atoms with Crippen molar-refractivity contribution in [2.45, 2.75) is 76.8 Å². The molecular weight excluding hydrogens is 550 g/mol. The van der Waals surface area contributed by atoms with Crippen LogP contribution in [0.4, 0.5) is 4.39 Å². The fraction of sp³-hybridized carbons (Fsp3) is 0.385. The summed E-state index contributed by atoms with van der Waals surface area (Å²) in [6.07, 6.45) is 10.6. The molecule has 4 rings (SSSR count). The monoisotopic (exact) mass is 597 g/mol. The van der Waals surface area contributed by atoms with Gasteiger partial charge in [-0.25, -0.2) is 4.39 Å². The van der Waals surface area contributed by atoms with Gasteiger partial charge in [-0.2, -0.15) is 0 Å². The third-order valence-corrected chi connectivity index (χ3v) is 11.8. The van der Waals surface area contributed by atoms with Crippen molar-refractivity contribution in [1.82, 2.24) is 4.31 Å². The molecule has 0 radical (unpaired) electrons. The molecule has 0 bridgehead atoms. The molecule has 0 aliphatic carbocycles. The second-order valence-corrected chi connectivity index (χ2v) is 15.8. The van der Waals surface area contributed by atoms with Crippen LogP contribution < -0.4 is 0 Å². The van der Waals surface area contributed by atoms with Crippen molar-refractivity contribution in [2.24, 2.45) is 5.92 Å². The topological polar surface area (TPSA) is 23.5 Å². The Morgan fingerprint density at radius 2 is 1.74 bits per heavy atom. The Morgan fingerprint density at radius 1 is 1.07 bits per heavy atom. The van der Waals surface area contributed by atoms with Crippen molar-refractivity contribution >= 4 is 21.1 Å². The third-order valence-electron chi connectivity index (χ3n) is 9.13. The number of allylic oxidation sites excluding steroid dienone is 1. The van der Waals surface area contributed by atoms with E-state index in [0.29, 0.717) is 12.3 Å². The van der Waals surface area contributed by atoms with E-state index < -0.39 is 20.5 Å². The van der Waals surface area contributed by atoms with Crippen LogP contribution in [0.3, 0.4) is 0 Å². The average molecular weight is 598 g/mol. The predicted molar refractivity (Wildman–Crippen MR) is 188 cm³/mol. The highest BCUT2D eigenvalue weighted by atomic mass is 32.2. The Hall–Kier alpha value is -3.10. The van der Waals surface area contributed by atoms with Gasteiger partial charge in [0.15, 0.2) is 0 Å². The minimum Gasteiger partial charge on any atom is -0.383 e. The van der Waals surface area contributed by atoms with Crippen molar-refractivity contribution in [3.63, 3.8) is 0 Å². The van der Waals surface area contributed by atoms with Crippen molar-refractivity contribution in [3.8, 4) is 23.5 Å². The lowest BCUT2D eigenvalue weighted by Crippen LogP contribution is -2.33. The maximum absolute atomic E-state index is 15.0. The van der Waals surface area contributed by atoms with Crippen LogP contribution >= 0.6 is 9.39 Å². The highest BCUT2D eigenvalue weighted by Gasteiger charge is 2.26. The number of aliphatic hydroxyl groups excluding tert-OH is 1. The normalized spacial score (nSPS) is 16.4. The molecule has 1 N–H and O–H groups in total. The number of aryl methyl sites for hydroxylation is 1. The molecule has 3 aromatic carbocycles. The first-order valence-electron chi connectivity index (χ1n) is 15.3. The van der Waals surface area contributed by atoms with Gasteiger partial charge in [0.05, 0.1) is 5.44 Å². The summed E-state index contributed by atoms with van der Waals surface area (Å²) < 4.78 is 17.3. The molecular formula is C39H48FNOS. The number of terminal acetylenes is 1. The summed E-state index contributed by atoms with van der Waals surface area (Å²) in [6, 6.07) is 23.1. The fourth-order valence-corrected chi connectivity index (χ4v) is 7.66. The van der Waals surface area contributed by atoms with E-state index in [0.717, 1.165) is 77.7 Å². The Morgan fingerprint density at radius 3 is 2.35 bits per heavy atom. The van der Waals surface area contributed by atoms with E-state index in [4.69, 9.17) is 6.42 Å². The van der Waals surface area contributed by atoms with Gasteiger partial charge in [0.2, 0.25) is 0 Å². The molecule has 2 nitrogen and oxygen atoms in total. The Bertz CT molecular complexity index is 1560. The van der Waals surface area contributed by atoms with Gasteiger partial charge < -0.3 is 5.11 Å². The van der Waals surface area contributed by atoms with Crippen molar-refractivity contribution in [3.05, 3.63) is 107 Å². The molecule has 0 amide bonds. The summed E-state index contributed by atoms with van der Waals surface area (Å²) in [5.74, 6) is 12.1. The first kappa shape index (κ1) is 32.8. The quantitative estimate of drug-likeness (QED) is 0.135. The van der Waals surface area contributed by atoms with E-state index in [1.807, 2.05) is 37.3 Å². The maximum Gasteiger partial charge on any atom is 0.130 e. The number of rotatable bonds is 11. The van der Waals surface area contributed by atoms with E-state index in [9.17, 15) is 9.50 Å². The molecule has 43 heavy (non-hydrogen) atoms. The molecule has 228 valence electrons. The summed E-state index contributed by atoms with van der Waals surface area (Å²) in [6.45, 7) is 13.5. The van der Waals surface area contributed by atoms with Crippen LogP contribution in [0.5, 0.6) is 0 Å². The van der Waals surface area contributed by atoms with Crippen molar-refractivity contribution in [1.29, 1.82) is 0 Å². The molecule has 0 saturated carbocycles. The van der Waals surface area contributed by atoms with Crippen LogP contribution in [0.1, 0.15) is 80.2 Å². The number of piperidine rings is 1. The molecule has 0 spiro atoms. The number of alkyl halides is 1. The summed E-state index contributed by atoms with van der Waals surface area (Å²) in [5.41, 5.74) is 6.44. The van der Waals surface area contributed by atoms with Gasteiger partial charge in [-0.05, 0) is 111 Å². The SMILES string of the molecule is C#Cc1cccc(-c2ccc(C(CCC3CCN(S(=C)(=C)C(C)O)CC3)C(=C)Cc3ccc(C)c(C(C)(C)F)c3)cc2)c1. The molecule has 1 heterocycles. The average Bonchev–Trinajstić information content (AvgIpc) is 2.98. The van der Waals surface area contributed by atoms with E-state index in [2.05, 4.69) is 64.9 Å². The first-order chi connectivity index (χ1) is 20.3. The fourth-order valence-electron chi connectivity index (χ4n) is 6.29. The molecule has 0 aromatic heterocycles. The molecule has 1 fully saturated rings. The van der Waals surface area contributed by atoms with Gasteiger partial charge in [-0.15, -0.1) is 15.8 Å². The van der Waals surface area contributed by atoms with Crippen LogP contribution in [-0.2, 0) is 12.1 Å². The van der Waals surface area contributed by atoms with Gasteiger partial charge >= 0.3 is 0 Å². The highest BCUT2D eigenvalue weighted by molar-refractivity contribution is 8.26. The lowest BCUT2D eigenvalue weighted by Gasteiger charge is -2.38. The zero-order chi connectivity index (χ0) is 31.4. The van der Waals surface area contributed by atoms with Gasteiger partial charge in [-0.1, -0.05) is 84.4 Å². The molecule has 2 atom stereocenters. The smallest absolute Gasteiger partial charge is 0.130 e. The van der Waals surface area contributed by atoms with E-state index in [-0.39, 0.29) is 5.92 Å². The van der Waals surface area contributed by atoms with Gasteiger partial charge in [0.1, 0.15) is 5.67 Å². The highest BCUT2D eigenvalue weighted by Crippen LogP contribution is 2.39. The molecule has 4 heteroatoms. The van der Waals surface area contributed by atoms with Gasteiger partial charge in [0.25, 0.3) is 0 Å². The Labute approximate surface area is 260 Å². The zero-order valence-corrected chi connectivity index (χ0v) is 27.2. The minimum atomic E-state index is -1.66. The Balaban J connectivity index is 1.54. The van der Waals surface area contributed by atoms with Crippen LogP contribution in [0.25, 0.3) is 11.1 Å². The van der Waals surface area contributed by atoms with E-state index in [1.165, 1.54) is 5.56 Å². The van der Waals surface area contributed by atoms with Crippen LogP contribution in [0.2, 0.25) is 0 Å². The van der Waals surface area contributed by atoms with Gasteiger partial charge in [0, 0.05) is 24.6 Å². The molecule has 3 aromatic rings. The second kappa shape index (κ2) is 13.7. The minimum absolute atomic E-state index is 0.190. The Kier molecular flexibility index (Phi) is 10.4. The number of nitrogens with zero attached hydrogens (tertiary/aromatic N) is 1. The summed E-state index contributed by atoms with van der Waals surface area (Å²) in [4.78, 5) is 0. The zero-order valence-electron chi connectivity index (χ0n) is 26.4.